The van der Waals surface area contributed by atoms with Crippen LogP contribution in [-0.4, -0.2) is 25.7 Å². The molecule has 0 aromatic heterocycles. The summed E-state index contributed by atoms with van der Waals surface area (Å²) in [5.74, 6) is 0.689. The van der Waals surface area contributed by atoms with E-state index >= 15 is 0 Å². The number of halogens is 2. The Labute approximate surface area is 124 Å². The molecule has 2 rings (SSSR count). The lowest BCUT2D eigenvalue weighted by Gasteiger charge is -2.07. The average molecular weight is 377 g/mol. The lowest BCUT2D eigenvalue weighted by atomic mass is 10.2. The first-order valence-electron chi connectivity index (χ1n) is 5.97. The van der Waals surface area contributed by atoms with Crippen molar-refractivity contribution >= 4 is 37.8 Å². The van der Waals surface area contributed by atoms with E-state index < -0.39 is 0 Å². The molecule has 0 spiro atoms. The standard InChI is InChI=1S/C13H15Br2NO2/c14-11-5-10(6-12(15)7-11)13(17)16-3-4-18-8-9-1-2-9/h5-7,9H,1-4,8H2,(H,16,17). The Kier molecular flexibility index (Phi) is 5.21. The SMILES string of the molecule is O=C(NCCOCC1CC1)c1cc(Br)cc(Br)c1. The molecule has 0 bridgehead atoms. The van der Waals surface area contributed by atoms with E-state index in [1.807, 2.05) is 6.07 Å². The number of nitrogens with one attached hydrogen (secondary N) is 1. The third-order valence-electron chi connectivity index (χ3n) is 2.71. The van der Waals surface area contributed by atoms with E-state index in [0.717, 1.165) is 21.5 Å². The smallest absolute Gasteiger partial charge is 0.251 e. The Morgan fingerprint density at radius 3 is 2.56 bits per heavy atom. The van der Waals surface area contributed by atoms with Gasteiger partial charge in [-0.1, -0.05) is 31.9 Å². The summed E-state index contributed by atoms with van der Waals surface area (Å²) in [5, 5.41) is 2.84. The summed E-state index contributed by atoms with van der Waals surface area (Å²) >= 11 is 6.72. The van der Waals surface area contributed by atoms with Gasteiger partial charge in [-0.25, -0.2) is 0 Å². The van der Waals surface area contributed by atoms with E-state index in [-0.39, 0.29) is 5.91 Å². The van der Waals surface area contributed by atoms with Gasteiger partial charge < -0.3 is 10.1 Å². The van der Waals surface area contributed by atoms with E-state index in [2.05, 4.69) is 37.2 Å². The minimum atomic E-state index is -0.0768. The van der Waals surface area contributed by atoms with Crippen molar-refractivity contribution in [3.63, 3.8) is 0 Å². The Morgan fingerprint density at radius 2 is 1.94 bits per heavy atom. The summed E-state index contributed by atoms with van der Waals surface area (Å²) in [4.78, 5) is 11.9. The Hall–Kier alpha value is -0.390. The monoisotopic (exact) mass is 375 g/mol. The zero-order valence-corrected chi connectivity index (χ0v) is 13.1. The number of amides is 1. The van der Waals surface area contributed by atoms with Gasteiger partial charge in [-0.2, -0.15) is 0 Å². The Morgan fingerprint density at radius 1 is 1.28 bits per heavy atom. The zero-order chi connectivity index (χ0) is 13.0. The number of carbonyl (C=O) groups is 1. The highest BCUT2D eigenvalue weighted by Gasteiger charge is 2.20. The van der Waals surface area contributed by atoms with Gasteiger partial charge in [-0.05, 0) is 37.0 Å². The Bertz CT molecular complexity index is 413. The maximum atomic E-state index is 11.9. The summed E-state index contributed by atoms with van der Waals surface area (Å²) in [6.07, 6.45) is 2.58. The molecule has 1 fully saturated rings. The van der Waals surface area contributed by atoms with Crippen LogP contribution >= 0.6 is 31.9 Å². The van der Waals surface area contributed by atoms with Crippen molar-refractivity contribution in [2.24, 2.45) is 5.92 Å². The molecule has 1 aromatic rings. The summed E-state index contributed by atoms with van der Waals surface area (Å²) < 4.78 is 7.22. The molecular formula is C13H15Br2NO2. The fourth-order valence-corrected chi connectivity index (χ4v) is 2.85. The topological polar surface area (TPSA) is 38.3 Å². The van der Waals surface area contributed by atoms with Gasteiger partial charge in [0.25, 0.3) is 5.91 Å². The van der Waals surface area contributed by atoms with Gasteiger partial charge in [-0.15, -0.1) is 0 Å². The number of hydrogen-bond donors (Lipinski definition) is 1. The first kappa shape index (κ1) is 14.0. The molecule has 18 heavy (non-hydrogen) atoms. The third kappa shape index (κ3) is 4.71. The molecule has 5 heteroatoms. The van der Waals surface area contributed by atoms with Crippen LogP contribution in [0.5, 0.6) is 0 Å². The van der Waals surface area contributed by atoms with Crippen LogP contribution in [0, 0.1) is 5.92 Å². The van der Waals surface area contributed by atoms with Crippen LogP contribution in [-0.2, 0) is 4.74 Å². The molecular weight excluding hydrogens is 362 g/mol. The largest absolute Gasteiger partial charge is 0.379 e. The minimum absolute atomic E-state index is 0.0768. The molecule has 0 aliphatic heterocycles. The second kappa shape index (κ2) is 6.68. The van der Waals surface area contributed by atoms with Crippen LogP contribution in [0.15, 0.2) is 27.1 Å². The van der Waals surface area contributed by atoms with E-state index in [1.165, 1.54) is 12.8 Å². The van der Waals surface area contributed by atoms with Crippen LogP contribution in [0.25, 0.3) is 0 Å². The van der Waals surface area contributed by atoms with E-state index in [1.54, 1.807) is 12.1 Å². The average Bonchev–Trinajstić information content (AvgIpc) is 3.11. The van der Waals surface area contributed by atoms with Gasteiger partial charge in [0.05, 0.1) is 6.61 Å². The maximum absolute atomic E-state index is 11.9. The van der Waals surface area contributed by atoms with Crippen molar-refractivity contribution in [2.45, 2.75) is 12.8 Å². The molecule has 1 N–H and O–H groups in total. The lowest BCUT2D eigenvalue weighted by molar-refractivity contribution is 0.0906. The van der Waals surface area contributed by atoms with Crippen LogP contribution in [0.3, 0.4) is 0 Å². The number of rotatable bonds is 6. The van der Waals surface area contributed by atoms with Gasteiger partial charge in [0.2, 0.25) is 0 Å². The number of benzene rings is 1. The fraction of sp³-hybridized carbons (Fsp3) is 0.462. The van der Waals surface area contributed by atoms with Crippen molar-refractivity contribution < 1.29 is 9.53 Å². The Balaban J connectivity index is 1.72. The van der Waals surface area contributed by atoms with Crippen LogP contribution in [0.2, 0.25) is 0 Å². The van der Waals surface area contributed by atoms with Gasteiger partial charge in [0.1, 0.15) is 0 Å². The van der Waals surface area contributed by atoms with E-state index in [9.17, 15) is 4.79 Å². The normalized spacial score (nSPS) is 14.6. The van der Waals surface area contributed by atoms with Crippen molar-refractivity contribution in [3.05, 3.63) is 32.7 Å². The van der Waals surface area contributed by atoms with Gasteiger partial charge in [0.15, 0.2) is 0 Å². The first-order valence-corrected chi connectivity index (χ1v) is 7.56. The fourth-order valence-electron chi connectivity index (χ4n) is 1.56. The molecule has 3 nitrogen and oxygen atoms in total. The quantitative estimate of drug-likeness (QED) is 0.773. The van der Waals surface area contributed by atoms with Crippen LogP contribution in [0.1, 0.15) is 23.2 Å². The molecule has 0 radical (unpaired) electrons. The van der Waals surface area contributed by atoms with Crippen LogP contribution in [0.4, 0.5) is 0 Å². The van der Waals surface area contributed by atoms with Crippen LogP contribution < -0.4 is 5.32 Å². The summed E-state index contributed by atoms with van der Waals surface area (Å²) in [7, 11) is 0. The molecule has 0 saturated heterocycles. The zero-order valence-electron chi connectivity index (χ0n) is 9.92. The van der Waals surface area contributed by atoms with Gasteiger partial charge in [-0.3, -0.25) is 4.79 Å². The molecule has 1 aliphatic rings. The second-order valence-corrected chi connectivity index (χ2v) is 6.26. The molecule has 0 heterocycles. The summed E-state index contributed by atoms with van der Waals surface area (Å²) in [5.41, 5.74) is 0.637. The molecule has 1 saturated carbocycles. The predicted molar refractivity (Wildman–Crippen MR) is 77.7 cm³/mol. The predicted octanol–water partition coefficient (Wildman–Crippen LogP) is 3.37. The molecule has 0 unspecified atom stereocenters. The van der Waals surface area contributed by atoms with Gasteiger partial charge >= 0.3 is 0 Å². The van der Waals surface area contributed by atoms with Gasteiger partial charge in [0, 0.05) is 27.7 Å². The van der Waals surface area contributed by atoms with Crippen molar-refractivity contribution in [2.75, 3.05) is 19.8 Å². The maximum Gasteiger partial charge on any atom is 0.251 e. The number of ether oxygens (including phenoxy) is 1. The third-order valence-corrected chi connectivity index (χ3v) is 3.62. The number of hydrogen-bond acceptors (Lipinski definition) is 2. The summed E-state index contributed by atoms with van der Waals surface area (Å²) in [6.45, 7) is 1.96. The van der Waals surface area contributed by atoms with E-state index in [0.29, 0.717) is 18.7 Å². The first-order chi connectivity index (χ1) is 8.65. The molecule has 0 atom stereocenters. The number of carbonyl (C=O) groups excluding carboxylic acids is 1. The molecule has 98 valence electrons. The molecule has 1 amide bonds. The van der Waals surface area contributed by atoms with Crippen molar-refractivity contribution in [3.8, 4) is 0 Å². The van der Waals surface area contributed by atoms with E-state index in [4.69, 9.17) is 4.74 Å². The highest BCUT2D eigenvalue weighted by molar-refractivity contribution is 9.11. The minimum Gasteiger partial charge on any atom is -0.379 e. The molecule has 1 aromatic carbocycles. The van der Waals surface area contributed by atoms with Crippen molar-refractivity contribution in [1.29, 1.82) is 0 Å². The summed E-state index contributed by atoms with van der Waals surface area (Å²) in [6, 6.07) is 5.49. The highest BCUT2D eigenvalue weighted by Crippen LogP contribution is 2.28. The van der Waals surface area contributed by atoms with Crippen molar-refractivity contribution in [1.82, 2.24) is 5.32 Å². The highest BCUT2D eigenvalue weighted by atomic mass is 79.9. The second-order valence-electron chi connectivity index (χ2n) is 4.43. The lowest BCUT2D eigenvalue weighted by Crippen LogP contribution is -2.27. The molecule has 1 aliphatic carbocycles.